The Morgan fingerprint density at radius 1 is 1.16 bits per heavy atom. The van der Waals surface area contributed by atoms with Gasteiger partial charge in [-0.2, -0.15) is 0 Å². The van der Waals surface area contributed by atoms with Gasteiger partial charge in [-0.15, -0.1) is 0 Å². The van der Waals surface area contributed by atoms with Crippen molar-refractivity contribution >= 4 is 11.6 Å². The number of hydrogen-bond acceptors (Lipinski definition) is 6. The van der Waals surface area contributed by atoms with Crippen molar-refractivity contribution in [3.63, 3.8) is 0 Å². The van der Waals surface area contributed by atoms with Crippen molar-refractivity contribution in [1.82, 2.24) is 19.3 Å². The maximum absolute atomic E-state index is 13.1. The number of ether oxygens (including phenoxy) is 1. The van der Waals surface area contributed by atoms with E-state index in [1.165, 1.54) is 10.6 Å². The minimum atomic E-state index is -0.426. The second-order valence-electron chi connectivity index (χ2n) is 7.33. The van der Waals surface area contributed by atoms with Crippen molar-refractivity contribution in [1.29, 1.82) is 0 Å². The lowest BCUT2D eigenvalue weighted by Crippen LogP contribution is -2.39. The largest absolute Gasteiger partial charge is 0.442 e. The molecule has 8 nitrogen and oxygen atoms in total. The molecule has 0 spiro atoms. The molecular weight excluding hydrogens is 396 g/mol. The van der Waals surface area contributed by atoms with E-state index in [2.05, 4.69) is 9.97 Å². The molecule has 1 aliphatic heterocycles. The van der Waals surface area contributed by atoms with Crippen LogP contribution in [0.3, 0.4) is 0 Å². The van der Waals surface area contributed by atoms with E-state index in [-0.39, 0.29) is 23.6 Å². The molecule has 4 heterocycles. The monoisotopic (exact) mass is 416 g/mol. The topological polar surface area (TPSA) is 89.9 Å². The second kappa shape index (κ2) is 7.81. The van der Waals surface area contributed by atoms with Crippen molar-refractivity contribution in [2.45, 2.75) is 19.1 Å². The lowest BCUT2D eigenvalue weighted by molar-refractivity contribution is 0.0724. The number of benzene rings is 1. The van der Waals surface area contributed by atoms with Crippen molar-refractivity contribution in [2.24, 2.45) is 0 Å². The molecule has 8 heteroatoms. The normalized spacial score (nSPS) is 14.4. The summed E-state index contributed by atoms with van der Waals surface area (Å²) in [6.07, 6.45) is 3.04. The second-order valence-corrected chi connectivity index (χ2v) is 7.33. The highest BCUT2D eigenvalue weighted by Crippen LogP contribution is 2.29. The first-order valence-corrected chi connectivity index (χ1v) is 9.97. The number of oxazole rings is 1. The Bertz CT molecular complexity index is 1310. The molecule has 0 saturated heterocycles. The van der Waals surface area contributed by atoms with Crippen LogP contribution in [0.1, 0.15) is 39.4 Å². The predicted octanol–water partition coefficient (Wildman–Crippen LogP) is 2.62. The van der Waals surface area contributed by atoms with E-state index < -0.39 is 6.10 Å². The van der Waals surface area contributed by atoms with Gasteiger partial charge in [-0.05, 0) is 17.7 Å². The maximum Gasteiger partial charge on any atom is 0.270 e. The van der Waals surface area contributed by atoms with Crippen molar-refractivity contribution < 1.29 is 13.9 Å². The first-order valence-electron chi connectivity index (χ1n) is 9.97. The van der Waals surface area contributed by atoms with E-state index in [1.807, 2.05) is 30.3 Å². The molecule has 0 saturated carbocycles. The van der Waals surface area contributed by atoms with E-state index in [9.17, 15) is 9.59 Å². The fourth-order valence-electron chi connectivity index (χ4n) is 3.86. The van der Waals surface area contributed by atoms with Gasteiger partial charge in [-0.3, -0.25) is 14.0 Å². The minimum Gasteiger partial charge on any atom is -0.442 e. The van der Waals surface area contributed by atoms with Gasteiger partial charge in [0.2, 0.25) is 5.89 Å². The molecular formula is C23H20N4O4. The van der Waals surface area contributed by atoms with Gasteiger partial charge in [0.05, 0.1) is 6.54 Å². The molecule has 0 bridgehead atoms. The maximum atomic E-state index is 13.1. The quantitative estimate of drug-likeness (QED) is 0.508. The number of fused-ring (bicyclic) bond motifs is 2. The van der Waals surface area contributed by atoms with Crippen LogP contribution < -0.4 is 5.56 Å². The van der Waals surface area contributed by atoms with Gasteiger partial charge in [-0.1, -0.05) is 36.4 Å². The molecule has 5 rings (SSSR count). The number of pyridine rings is 1. The average molecular weight is 416 g/mol. The molecule has 0 aliphatic carbocycles. The summed E-state index contributed by atoms with van der Waals surface area (Å²) >= 11 is 0. The van der Waals surface area contributed by atoms with Gasteiger partial charge >= 0.3 is 0 Å². The number of carbonyl (C=O) groups is 1. The van der Waals surface area contributed by atoms with Crippen LogP contribution in [0.2, 0.25) is 0 Å². The number of nitrogens with zero attached hydrogens (tertiary/aromatic N) is 4. The molecule has 3 aromatic heterocycles. The van der Waals surface area contributed by atoms with Crippen LogP contribution in [-0.2, 0) is 17.7 Å². The summed E-state index contributed by atoms with van der Waals surface area (Å²) in [4.78, 5) is 36.3. The van der Waals surface area contributed by atoms with Crippen LogP contribution in [0.15, 0.2) is 70.1 Å². The third-order valence-corrected chi connectivity index (χ3v) is 5.44. The highest BCUT2D eigenvalue weighted by atomic mass is 16.5. The molecule has 4 aromatic rings. The fourth-order valence-corrected chi connectivity index (χ4v) is 3.86. The Morgan fingerprint density at radius 3 is 2.77 bits per heavy atom. The van der Waals surface area contributed by atoms with E-state index in [0.29, 0.717) is 30.2 Å². The summed E-state index contributed by atoms with van der Waals surface area (Å²) in [5.74, 6) is 0.836. The number of aromatic nitrogens is 3. The number of methoxy groups -OCH3 is 1. The van der Waals surface area contributed by atoms with E-state index in [0.717, 1.165) is 11.3 Å². The zero-order valence-electron chi connectivity index (χ0n) is 16.9. The highest BCUT2D eigenvalue weighted by molar-refractivity contribution is 5.93. The van der Waals surface area contributed by atoms with Crippen LogP contribution in [0, 0.1) is 0 Å². The molecule has 1 aromatic carbocycles. The summed E-state index contributed by atoms with van der Waals surface area (Å²) in [6.45, 7) is 0.695. The van der Waals surface area contributed by atoms with Crippen LogP contribution >= 0.6 is 0 Å². The Hall–Kier alpha value is -3.78. The molecule has 1 aliphatic rings. The molecule has 31 heavy (non-hydrogen) atoms. The number of carbonyl (C=O) groups excluding carboxylic acids is 1. The zero-order chi connectivity index (χ0) is 21.4. The number of hydrogen-bond donors (Lipinski definition) is 0. The first-order chi connectivity index (χ1) is 15.2. The van der Waals surface area contributed by atoms with E-state index >= 15 is 0 Å². The average Bonchev–Trinajstić information content (AvgIpc) is 3.23. The molecule has 156 valence electrons. The molecule has 1 atom stereocenters. The van der Waals surface area contributed by atoms with Crippen LogP contribution in [0.5, 0.6) is 0 Å². The summed E-state index contributed by atoms with van der Waals surface area (Å²) in [7, 11) is 1.61. The summed E-state index contributed by atoms with van der Waals surface area (Å²) in [6, 6.07) is 14.9. The van der Waals surface area contributed by atoms with Gasteiger partial charge < -0.3 is 14.1 Å². The smallest absolute Gasteiger partial charge is 0.270 e. The Morgan fingerprint density at radius 2 is 1.97 bits per heavy atom. The number of amides is 1. The van der Waals surface area contributed by atoms with Gasteiger partial charge in [-0.25, -0.2) is 9.97 Å². The summed E-state index contributed by atoms with van der Waals surface area (Å²) < 4.78 is 13.0. The lowest BCUT2D eigenvalue weighted by atomic mass is 10.1. The Balaban J connectivity index is 1.42. The lowest BCUT2D eigenvalue weighted by Gasteiger charge is -2.25. The zero-order valence-corrected chi connectivity index (χ0v) is 16.9. The van der Waals surface area contributed by atoms with E-state index in [4.69, 9.17) is 9.15 Å². The van der Waals surface area contributed by atoms with Crippen molar-refractivity contribution in [3.8, 4) is 0 Å². The molecule has 1 amide bonds. The summed E-state index contributed by atoms with van der Waals surface area (Å²) in [5, 5.41) is 0. The predicted molar refractivity (Wildman–Crippen MR) is 112 cm³/mol. The van der Waals surface area contributed by atoms with Gasteiger partial charge in [0.15, 0.2) is 6.10 Å². The Labute approximate surface area is 177 Å². The SMILES string of the molecule is COC(c1ccccc1)c1nc2c(o1)CCN(C(=O)c1cnc3ccccn3c1=O)C2. The van der Waals surface area contributed by atoms with Gasteiger partial charge in [0.25, 0.3) is 11.5 Å². The summed E-state index contributed by atoms with van der Waals surface area (Å²) in [5.41, 5.74) is 1.77. The standard InChI is InChI=1S/C23H20N4O4/c1-30-20(15-7-3-2-4-8-15)21-25-17-14-26(12-10-18(17)31-21)22(28)16-13-24-19-9-5-6-11-27(19)23(16)29/h2-9,11,13,20H,10,12,14H2,1H3. The van der Waals surface area contributed by atoms with Crippen molar-refractivity contribution in [2.75, 3.05) is 13.7 Å². The molecule has 0 N–H and O–H groups in total. The minimum absolute atomic E-state index is 0.0370. The third kappa shape index (κ3) is 3.40. The van der Waals surface area contributed by atoms with Gasteiger partial charge in [0, 0.05) is 32.5 Å². The molecule has 1 unspecified atom stereocenters. The first kappa shape index (κ1) is 19.2. The highest BCUT2D eigenvalue weighted by Gasteiger charge is 2.30. The van der Waals surface area contributed by atoms with E-state index in [1.54, 1.807) is 36.4 Å². The van der Waals surface area contributed by atoms with Crippen molar-refractivity contribution in [3.05, 3.63) is 99.8 Å². The van der Waals surface area contributed by atoms with Crippen LogP contribution in [0.4, 0.5) is 0 Å². The molecule has 0 fully saturated rings. The molecule has 0 radical (unpaired) electrons. The third-order valence-electron chi connectivity index (χ3n) is 5.44. The fraction of sp³-hybridized carbons (Fsp3) is 0.217. The number of rotatable bonds is 4. The van der Waals surface area contributed by atoms with Crippen LogP contribution in [0.25, 0.3) is 5.65 Å². The Kier molecular flexibility index (Phi) is 4.83. The van der Waals surface area contributed by atoms with Gasteiger partial charge in [0.1, 0.15) is 22.7 Å². The van der Waals surface area contributed by atoms with Crippen LogP contribution in [-0.4, -0.2) is 38.8 Å².